The Hall–Kier alpha value is -1.69. The topological polar surface area (TPSA) is 41.6 Å². The lowest BCUT2D eigenvalue weighted by Crippen LogP contribution is -2.33. The van der Waals surface area contributed by atoms with Crippen LogP contribution in [-0.4, -0.2) is 44.3 Å². The van der Waals surface area contributed by atoms with Gasteiger partial charge in [0.05, 0.1) is 12.7 Å². The predicted molar refractivity (Wildman–Crippen MR) is 107 cm³/mol. The summed E-state index contributed by atoms with van der Waals surface area (Å²) in [7, 11) is 3.63. The first-order valence-corrected chi connectivity index (χ1v) is 9.09. The Morgan fingerprint density at radius 2 is 1.92 bits per heavy atom. The van der Waals surface area contributed by atoms with Gasteiger partial charge in [-0.2, -0.15) is 0 Å². The first-order valence-electron chi connectivity index (χ1n) is 7.86. The van der Waals surface area contributed by atoms with Crippen LogP contribution in [0.5, 0.6) is 5.75 Å². The van der Waals surface area contributed by atoms with Crippen LogP contribution in [0.2, 0.25) is 0 Å². The summed E-state index contributed by atoms with van der Waals surface area (Å²) in [6.07, 6.45) is 1.99. The molecule has 0 aliphatic heterocycles. The zero-order valence-corrected chi connectivity index (χ0v) is 16.5. The van der Waals surface area contributed by atoms with Crippen molar-refractivity contribution in [3.8, 4) is 5.75 Å². The zero-order valence-electron chi connectivity index (χ0n) is 14.8. The van der Waals surface area contributed by atoms with E-state index >= 15 is 0 Å². The van der Waals surface area contributed by atoms with Crippen molar-refractivity contribution >= 4 is 30.1 Å². The number of halogens is 1. The fourth-order valence-electron chi connectivity index (χ4n) is 2.42. The van der Waals surface area contributed by atoms with Gasteiger partial charge in [0.15, 0.2) is 0 Å². The molecule has 0 saturated carbocycles. The molecule has 0 bridgehead atoms. The summed E-state index contributed by atoms with van der Waals surface area (Å²) in [5.41, 5.74) is 1.84. The van der Waals surface area contributed by atoms with Gasteiger partial charge in [0, 0.05) is 24.5 Å². The van der Waals surface area contributed by atoms with Crippen molar-refractivity contribution in [3.63, 3.8) is 0 Å². The number of likely N-dealkylation sites (N-methyl/N-ethyl adjacent to an activating group) is 1. The smallest absolute Gasteiger partial charge is 0.255 e. The number of thioether (sulfide) groups is 1. The molecular weight excluding hydrogens is 356 g/mol. The van der Waals surface area contributed by atoms with Crippen molar-refractivity contribution in [2.24, 2.45) is 0 Å². The summed E-state index contributed by atoms with van der Waals surface area (Å²) in [5, 5.41) is 2.97. The molecule has 2 rings (SSSR count). The summed E-state index contributed by atoms with van der Waals surface area (Å²) in [6.45, 7) is 2.24. The molecule has 0 unspecified atom stereocenters. The van der Waals surface area contributed by atoms with Crippen molar-refractivity contribution in [1.29, 1.82) is 0 Å². The molecule has 0 radical (unpaired) electrons. The van der Waals surface area contributed by atoms with Crippen molar-refractivity contribution in [1.82, 2.24) is 10.2 Å². The van der Waals surface area contributed by atoms with Crippen LogP contribution in [0.3, 0.4) is 0 Å². The van der Waals surface area contributed by atoms with Gasteiger partial charge in [0.2, 0.25) is 0 Å². The van der Waals surface area contributed by atoms with E-state index in [4.69, 9.17) is 4.74 Å². The van der Waals surface area contributed by atoms with Crippen molar-refractivity contribution < 1.29 is 9.53 Å². The van der Waals surface area contributed by atoms with Crippen LogP contribution in [0.25, 0.3) is 0 Å². The number of carbonyl (C=O) groups excluding carboxylic acids is 1. The SMILES string of the molecule is COc1ccc(SC)cc1C(=O)NCCN(C)Cc1ccccc1.Cl. The maximum atomic E-state index is 12.4. The van der Waals surface area contributed by atoms with Crippen LogP contribution in [0.15, 0.2) is 53.4 Å². The van der Waals surface area contributed by atoms with E-state index in [0.717, 1.165) is 18.0 Å². The Labute approximate surface area is 160 Å². The lowest BCUT2D eigenvalue weighted by atomic mass is 10.2. The second kappa shape index (κ2) is 11.0. The highest BCUT2D eigenvalue weighted by molar-refractivity contribution is 7.98. The Morgan fingerprint density at radius 3 is 2.56 bits per heavy atom. The lowest BCUT2D eigenvalue weighted by Gasteiger charge is -2.17. The Bertz CT molecular complexity index is 668. The van der Waals surface area contributed by atoms with Gasteiger partial charge in [-0.1, -0.05) is 30.3 Å². The maximum Gasteiger partial charge on any atom is 0.255 e. The fourth-order valence-corrected chi connectivity index (χ4v) is 2.86. The highest BCUT2D eigenvalue weighted by Gasteiger charge is 2.13. The number of hydrogen-bond donors (Lipinski definition) is 1. The summed E-state index contributed by atoms with van der Waals surface area (Å²) in [5.74, 6) is 0.499. The summed E-state index contributed by atoms with van der Waals surface area (Å²) in [4.78, 5) is 15.6. The Morgan fingerprint density at radius 1 is 1.20 bits per heavy atom. The third-order valence-corrected chi connectivity index (χ3v) is 4.45. The first kappa shape index (κ1) is 21.4. The molecular formula is C19H25ClN2O2S. The average Bonchev–Trinajstić information content (AvgIpc) is 2.61. The minimum atomic E-state index is -0.101. The molecule has 1 N–H and O–H groups in total. The molecule has 136 valence electrons. The zero-order chi connectivity index (χ0) is 17.4. The third-order valence-electron chi connectivity index (χ3n) is 3.73. The van der Waals surface area contributed by atoms with Gasteiger partial charge in [0.25, 0.3) is 5.91 Å². The molecule has 0 aliphatic carbocycles. The van der Waals surface area contributed by atoms with Crippen LogP contribution in [-0.2, 0) is 6.54 Å². The average molecular weight is 381 g/mol. The lowest BCUT2D eigenvalue weighted by molar-refractivity contribution is 0.0946. The summed E-state index contributed by atoms with van der Waals surface area (Å²) in [6, 6.07) is 16.0. The monoisotopic (exact) mass is 380 g/mol. The molecule has 4 nitrogen and oxygen atoms in total. The molecule has 0 aliphatic rings. The number of ether oxygens (including phenoxy) is 1. The summed E-state index contributed by atoms with van der Waals surface area (Å²) >= 11 is 1.61. The number of nitrogens with zero attached hydrogens (tertiary/aromatic N) is 1. The highest BCUT2D eigenvalue weighted by Crippen LogP contribution is 2.24. The molecule has 0 fully saturated rings. The number of rotatable bonds is 8. The van der Waals surface area contributed by atoms with Gasteiger partial charge in [-0.25, -0.2) is 0 Å². The Balaban J connectivity index is 0.00000312. The van der Waals surface area contributed by atoms with Crippen LogP contribution in [0, 0.1) is 0 Å². The van der Waals surface area contributed by atoms with Gasteiger partial charge in [-0.05, 0) is 37.1 Å². The van der Waals surface area contributed by atoms with E-state index in [1.807, 2.05) is 49.7 Å². The van der Waals surface area contributed by atoms with Crippen LogP contribution in [0.4, 0.5) is 0 Å². The van der Waals surface area contributed by atoms with Crippen molar-refractivity contribution in [3.05, 3.63) is 59.7 Å². The highest BCUT2D eigenvalue weighted by atomic mass is 35.5. The predicted octanol–water partition coefficient (Wildman–Crippen LogP) is 3.70. The molecule has 0 atom stereocenters. The fraction of sp³-hybridized carbons (Fsp3) is 0.316. The van der Waals surface area contributed by atoms with Gasteiger partial charge < -0.3 is 15.0 Å². The minimum absolute atomic E-state index is 0. The van der Waals surface area contributed by atoms with Gasteiger partial charge in [-0.3, -0.25) is 4.79 Å². The van der Waals surface area contributed by atoms with E-state index in [9.17, 15) is 4.79 Å². The summed E-state index contributed by atoms with van der Waals surface area (Å²) < 4.78 is 5.29. The molecule has 0 saturated heterocycles. The number of benzene rings is 2. The van der Waals surface area contributed by atoms with Crippen LogP contribution in [0.1, 0.15) is 15.9 Å². The van der Waals surface area contributed by atoms with E-state index in [-0.39, 0.29) is 18.3 Å². The van der Waals surface area contributed by atoms with E-state index in [1.165, 1.54) is 5.56 Å². The molecule has 1 amide bonds. The first-order chi connectivity index (χ1) is 11.6. The standard InChI is InChI=1S/C19H24N2O2S.ClH/c1-21(14-15-7-5-4-6-8-15)12-11-20-19(22)17-13-16(24-3)9-10-18(17)23-2;/h4-10,13H,11-12,14H2,1-3H3,(H,20,22);1H. The second-order valence-corrected chi connectivity index (χ2v) is 6.43. The molecule has 0 aromatic heterocycles. The van der Waals surface area contributed by atoms with Crippen LogP contribution >= 0.6 is 24.2 Å². The van der Waals surface area contributed by atoms with Gasteiger partial charge in [0.1, 0.15) is 5.75 Å². The molecule has 0 heterocycles. The normalized spacial score (nSPS) is 10.2. The molecule has 2 aromatic carbocycles. The molecule has 25 heavy (non-hydrogen) atoms. The number of hydrogen-bond acceptors (Lipinski definition) is 4. The van der Waals surface area contributed by atoms with Gasteiger partial charge in [-0.15, -0.1) is 24.2 Å². The van der Waals surface area contributed by atoms with Crippen molar-refractivity contribution in [2.45, 2.75) is 11.4 Å². The van der Waals surface area contributed by atoms with E-state index in [2.05, 4.69) is 22.3 Å². The molecule has 2 aromatic rings. The second-order valence-electron chi connectivity index (χ2n) is 5.55. The van der Waals surface area contributed by atoms with Crippen molar-refractivity contribution in [2.75, 3.05) is 33.5 Å². The molecule has 0 spiro atoms. The quantitative estimate of drug-likeness (QED) is 0.709. The van der Waals surface area contributed by atoms with E-state index in [1.54, 1.807) is 18.9 Å². The number of nitrogens with one attached hydrogen (secondary N) is 1. The van der Waals surface area contributed by atoms with E-state index in [0.29, 0.717) is 17.9 Å². The Kier molecular flexibility index (Phi) is 9.42. The largest absolute Gasteiger partial charge is 0.496 e. The number of carbonyl (C=O) groups is 1. The number of amides is 1. The third kappa shape index (κ3) is 6.61. The van der Waals surface area contributed by atoms with Gasteiger partial charge >= 0.3 is 0 Å². The maximum absolute atomic E-state index is 12.4. The van der Waals surface area contributed by atoms with Crippen LogP contribution < -0.4 is 10.1 Å². The minimum Gasteiger partial charge on any atom is -0.496 e. The van der Waals surface area contributed by atoms with E-state index < -0.39 is 0 Å². The molecule has 6 heteroatoms. The number of methoxy groups -OCH3 is 1.